The van der Waals surface area contributed by atoms with Gasteiger partial charge in [0.25, 0.3) is 0 Å². The summed E-state index contributed by atoms with van der Waals surface area (Å²) in [5.74, 6) is 6.47. The minimum atomic E-state index is 0.00428. The van der Waals surface area contributed by atoms with Crippen LogP contribution >= 0.6 is 15.9 Å². The number of hydrogen-bond acceptors (Lipinski definition) is 6. The van der Waals surface area contributed by atoms with Gasteiger partial charge in [-0.3, -0.25) is 4.79 Å². The summed E-state index contributed by atoms with van der Waals surface area (Å²) in [5, 5.41) is 0. The molecule has 0 atom stereocenters. The lowest BCUT2D eigenvalue weighted by atomic mass is 10.4. The van der Waals surface area contributed by atoms with Gasteiger partial charge in [-0.1, -0.05) is 0 Å². The van der Waals surface area contributed by atoms with E-state index in [0.29, 0.717) is 22.7 Å². The lowest BCUT2D eigenvalue weighted by molar-refractivity contribution is -0.127. The fourth-order valence-electron chi connectivity index (χ4n) is 1.32. The van der Waals surface area contributed by atoms with Crippen LogP contribution in [0.2, 0.25) is 0 Å². The van der Waals surface area contributed by atoms with Crippen molar-refractivity contribution in [2.75, 3.05) is 37.5 Å². The number of nitrogens with two attached hydrogens (primary N) is 1. The molecule has 8 heteroatoms. The Morgan fingerprint density at radius 3 is 2.67 bits per heavy atom. The van der Waals surface area contributed by atoms with E-state index in [1.54, 1.807) is 19.0 Å². The molecule has 0 saturated carbocycles. The molecule has 7 nitrogen and oxygen atoms in total. The Hall–Kier alpha value is -1.41. The van der Waals surface area contributed by atoms with Gasteiger partial charge < -0.3 is 15.2 Å². The highest BCUT2D eigenvalue weighted by molar-refractivity contribution is 9.10. The molecule has 0 radical (unpaired) electrons. The predicted molar refractivity (Wildman–Crippen MR) is 74.1 cm³/mol. The number of likely N-dealkylation sites (N-methyl/N-ethyl adjacent to an activating group) is 2. The topological polar surface area (TPSA) is 87.4 Å². The molecule has 18 heavy (non-hydrogen) atoms. The van der Waals surface area contributed by atoms with Crippen molar-refractivity contribution in [1.29, 1.82) is 0 Å². The van der Waals surface area contributed by atoms with E-state index in [-0.39, 0.29) is 12.5 Å². The molecule has 0 spiro atoms. The number of rotatable bonds is 5. The second-order valence-corrected chi connectivity index (χ2v) is 4.60. The monoisotopic (exact) mass is 316 g/mol. The first kappa shape index (κ1) is 14.7. The first-order valence-corrected chi connectivity index (χ1v) is 6.22. The zero-order valence-electron chi connectivity index (χ0n) is 10.6. The summed E-state index contributed by atoms with van der Waals surface area (Å²) < 4.78 is 0.640. The van der Waals surface area contributed by atoms with Crippen LogP contribution in [0.25, 0.3) is 0 Å². The number of anilines is 2. The second kappa shape index (κ2) is 6.50. The van der Waals surface area contributed by atoms with E-state index in [1.807, 2.05) is 11.8 Å². The molecule has 100 valence electrons. The van der Waals surface area contributed by atoms with Gasteiger partial charge in [-0.15, -0.1) is 0 Å². The van der Waals surface area contributed by atoms with Crippen LogP contribution in [0.1, 0.15) is 6.92 Å². The minimum Gasteiger partial charge on any atom is -0.347 e. The normalized spacial score (nSPS) is 10.1. The van der Waals surface area contributed by atoms with Gasteiger partial charge in [-0.2, -0.15) is 0 Å². The summed E-state index contributed by atoms with van der Waals surface area (Å²) in [6.07, 6.45) is 1.40. The smallest absolute Gasteiger partial charge is 0.241 e. The van der Waals surface area contributed by atoms with Crippen molar-refractivity contribution in [1.82, 2.24) is 14.9 Å². The van der Waals surface area contributed by atoms with Gasteiger partial charge in [-0.25, -0.2) is 15.8 Å². The highest BCUT2D eigenvalue weighted by Crippen LogP contribution is 2.28. The van der Waals surface area contributed by atoms with Crippen LogP contribution in [0.3, 0.4) is 0 Å². The molecule has 1 amide bonds. The van der Waals surface area contributed by atoms with Crippen LogP contribution in [0.5, 0.6) is 0 Å². The molecular weight excluding hydrogens is 300 g/mol. The molecule has 0 aliphatic rings. The molecule has 0 aromatic carbocycles. The quantitative estimate of drug-likeness (QED) is 0.605. The van der Waals surface area contributed by atoms with E-state index in [9.17, 15) is 4.79 Å². The number of aromatic nitrogens is 2. The lowest BCUT2D eigenvalue weighted by Gasteiger charge is -2.24. The van der Waals surface area contributed by atoms with Gasteiger partial charge >= 0.3 is 0 Å². The maximum atomic E-state index is 11.7. The van der Waals surface area contributed by atoms with Crippen LogP contribution < -0.4 is 16.2 Å². The first-order valence-electron chi connectivity index (χ1n) is 5.43. The number of nitrogens with one attached hydrogen (secondary N) is 1. The van der Waals surface area contributed by atoms with Crippen molar-refractivity contribution in [3.05, 3.63) is 10.8 Å². The fourth-order valence-corrected chi connectivity index (χ4v) is 1.89. The maximum absolute atomic E-state index is 11.7. The van der Waals surface area contributed by atoms with Crippen LogP contribution in [0.15, 0.2) is 10.8 Å². The van der Waals surface area contributed by atoms with Crippen LogP contribution in [-0.4, -0.2) is 48.0 Å². The summed E-state index contributed by atoms with van der Waals surface area (Å²) in [5.41, 5.74) is 2.47. The molecule has 1 aromatic rings. The fraction of sp³-hybridized carbons (Fsp3) is 0.500. The van der Waals surface area contributed by atoms with Crippen LogP contribution in [-0.2, 0) is 4.79 Å². The van der Waals surface area contributed by atoms with Gasteiger partial charge in [0.05, 0.1) is 6.54 Å². The molecule has 0 fully saturated rings. The van der Waals surface area contributed by atoms with Crippen molar-refractivity contribution in [3.8, 4) is 0 Å². The van der Waals surface area contributed by atoms with Gasteiger partial charge in [-0.05, 0) is 22.9 Å². The standard InChI is InChI=1S/C10H17BrN6O/c1-4-17(5-7(18)16(2)3)10-8(11)9(15-12)13-6-14-10/h6H,4-5,12H2,1-3H3,(H,13,14,15). The molecule has 0 aliphatic carbocycles. The lowest BCUT2D eigenvalue weighted by Crippen LogP contribution is -2.37. The van der Waals surface area contributed by atoms with E-state index in [2.05, 4.69) is 31.3 Å². The number of hydrazine groups is 1. The van der Waals surface area contributed by atoms with Gasteiger partial charge in [0.1, 0.15) is 16.6 Å². The molecule has 0 unspecified atom stereocenters. The summed E-state index contributed by atoms with van der Waals surface area (Å²) in [7, 11) is 3.44. The zero-order valence-corrected chi connectivity index (χ0v) is 12.2. The molecule has 1 aromatic heterocycles. The Bertz CT molecular complexity index is 425. The number of nitrogens with zero attached hydrogens (tertiary/aromatic N) is 4. The predicted octanol–water partition coefficient (Wildman–Crippen LogP) is 0.439. The summed E-state index contributed by atoms with van der Waals surface area (Å²) >= 11 is 3.38. The second-order valence-electron chi connectivity index (χ2n) is 3.81. The Balaban J connectivity index is 2.98. The number of carbonyl (C=O) groups is 1. The van der Waals surface area contributed by atoms with Crippen molar-refractivity contribution >= 4 is 33.5 Å². The average Bonchev–Trinajstić information content (AvgIpc) is 2.36. The molecule has 3 N–H and O–H groups in total. The van der Waals surface area contributed by atoms with Gasteiger partial charge in [0.15, 0.2) is 5.82 Å². The number of halogens is 1. The van der Waals surface area contributed by atoms with Crippen LogP contribution in [0, 0.1) is 0 Å². The highest BCUT2D eigenvalue weighted by atomic mass is 79.9. The van der Waals surface area contributed by atoms with Gasteiger partial charge in [0, 0.05) is 20.6 Å². The molecule has 0 bridgehead atoms. The maximum Gasteiger partial charge on any atom is 0.241 e. The molecule has 0 aliphatic heterocycles. The van der Waals surface area contributed by atoms with E-state index in [1.165, 1.54) is 6.33 Å². The SMILES string of the molecule is CCN(CC(=O)N(C)C)c1ncnc(NN)c1Br. The van der Waals surface area contributed by atoms with Crippen molar-refractivity contribution in [2.24, 2.45) is 5.84 Å². The Morgan fingerprint density at radius 1 is 1.50 bits per heavy atom. The first-order chi connectivity index (χ1) is 8.51. The summed E-state index contributed by atoms with van der Waals surface area (Å²) in [6, 6.07) is 0. The molecule has 1 rings (SSSR count). The summed E-state index contributed by atoms with van der Waals surface area (Å²) in [6.45, 7) is 2.86. The van der Waals surface area contributed by atoms with E-state index in [0.717, 1.165) is 0 Å². The molecule has 1 heterocycles. The third-order valence-corrected chi connectivity index (χ3v) is 3.14. The van der Waals surface area contributed by atoms with Gasteiger partial charge in [0.2, 0.25) is 5.91 Å². The highest BCUT2D eigenvalue weighted by Gasteiger charge is 2.17. The number of amides is 1. The average molecular weight is 317 g/mol. The number of carbonyl (C=O) groups excluding carboxylic acids is 1. The van der Waals surface area contributed by atoms with E-state index >= 15 is 0 Å². The third kappa shape index (κ3) is 3.30. The Morgan fingerprint density at radius 2 is 2.17 bits per heavy atom. The van der Waals surface area contributed by atoms with Crippen molar-refractivity contribution < 1.29 is 4.79 Å². The molecular formula is C10H17BrN6O. The van der Waals surface area contributed by atoms with Crippen molar-refractivity contribution in [3.63, 3.8) is 0 Å². The minimum absolute atomic E-state index is 0.00428. The number of hydrogen-bond donors (Lipinski definition) is 2. The summed E-state index contributed by atoms with van der Waals surface area (Å²) in [4.78, 5) is 23.3. The molecule has 0 saturated heterocycles. The van der Waals surface area contributed by atoms with Crippen molar-refractivity contribution in [2.45, 2.75) is 6.92 Å². The largest absolute Gasteiger partial charge is 0.347 e. The Labute approximate surface area is 114 Å². The van der Waals surface area contributed by atoms with E-state index in [4.69, 9.17) is 5.84 Å². The van der Waals surface area contributed by atoms with Crippen LogP contribution in [0.4, 0.5) is 11.6 Å². The zero-order chi connectivity index (χ0) is 13.7. The third-order valence-electron chi connectivity index (χ3n) is 2.41. The van der Waals surface area contributed by atoms with E-state index < -0.39 is 0 Å². The Kier molecular flexibility index (Phi) is 5.29. The number of nitrogen functional groups attached to an aromatic ring is 1.